The molecule has 104 valence electrons. The molecule has 7 nitrogen and oxygen atoms in total. The summed E-state index contributed by atoms with van der Waals surface area (Å²) in [4.78, 5) is 24.5. The number of hydrogen-bond donors (Lipinski definition) is 2. The summed E-state index contributed by atoms with van der Waals surface area (Å²) in [6.07, 6.45) is 0.874. The molecule has 0 bridgehead atoms. The summed E-state index contributed by atoms with van der Waals surface area (Å²) in [5.41, 5.74) is 0. The average Bonchev–Trinajstić information content (AvgIpc) is 2.37. The smallest absolute Gasteiger partial charge is 0.407 e. The Bertz CT molecular complexity index is 277. The summed E-state index contributed by atoms with van der Waals surface area (Å²) in [6, 6.07) is 0.0165. The van der Waals surface area contributed by atoms with Crippen molar-refractivity contribution in [2.75, 3.05) is 40.0 Å². The number of carbonyl (C=O) groups is 2. The Kier molecular flexibility index (Phi) is 6.45. The molecule has 2 amide bonds. The van der Waals surface area contributed by atoms with Crippen molar-refractivity contribution in [1.82, 2.24) is 10.2 Å². The molecule has 0 spiro atoms. The number of amides is 2. The van der Waals surface area contributed by atoms with Crippen LogP contribution >= 0.6 is 0 Å². The van der Waals surface area contributed by atoms with Crippen molar-refractivity contribution in [3.8, 4) is 0 Å². The maximum absolute atomic E-state index is 11.5. The van der Waals surface area contributed by atoms with E-state index in [-0.39, 0.29) is 31.8 Å². The van der Waals surface area contributed by atoms with Gasteiger partial charge in [0.05, 0.1) is 6.61 Å². The van der Waals surface area contributed by atoms with Gasteiger partial charge in [0.1, 0.15) is 13.2 Å². The maximum atomic E-state index is 11.5. The van der Waals surface area contributed by atoms with Crippen molar-refractivity contribution in [2.24, 2.45) is 0 Å². The number of piperidine rings is 1. The lowest BCUT2D eigenvalue weighted by molar-refractivity contribution is -0.136. The van der Waals surface area contributed by atoms with Gasteiger partial charge in [0, 0.05) is 26.2 Å². The summed E-state index contributed by atoms with van der Waals surface area (Å²) >= 11 is 0. The SMILES string of the molecule is COCC(=O)N1CCC(NC(=O)OCCO)CC1. The summed E-state index contributed by atoms with van der Waals surface area (Å²) in [6.45, 7) is 1.12. The Morgan fingerprint density at radius 3 is 2.61 bits per heavy atom. The van der Waals surface area contributed by atoms with E-state index in [2.05, 4.69) is 5.32 Å². The molecule has 2 N–H and O–H groups in total. The molecule has 1 aliphatic rings. The fourth-order valence-electron chi connectivity index (χ4n) is 1.83. The van der Waals surface area contributed by atoms with Crippen molar-refractivity contribution in [2.45, 2.75) is 18.9 Å². The van der Waals surface area contributed by atoms with Crippen molar-refractivity contribution in [3.63, 3.8) is 0 Å². The van der Waals surface area contributed by atoms with Crippen molar-refractivity contribution >= 4 is 12.0 Å². The molecule has 0 aromatic heterocycles. The second-order valence-electron chi connectivity index (χ2n) is 4.09. The quantitative estimate of drug-likeness (QED) is 0.685. The molecular weight excluding hydrogens is 240 g/mol. The molecule has 0 aromatic rings. The summed E-state index contributed by atoms with van der Waals surface area (Å²) < 4.78 is 9.49. The highest BCUT2D eigenvalue weighted by atomic mass is 16.6. The van der Waals surface area contributed by atoms with Gasteiger partial charge < -0.3 is 24.8 Å². The van der Waals surface area contributed by atoms with Gasteiger partial charge in [-0.25, -0.2) is 4.79 Å². The Morgan fingerprint density at radius 1 is 1.39 bits per heavy atom. The average molecular weight is 260 g/mol. The van der Waals surface area contributed by atoms with E-state index in [1.165, 1.54) is 7.11 Å². The monoisotopic (exact) mass is 260 g/mol. The molecule has 7 heteroatoms. The van der Waals surface area contributed by atoms with Crippen LogP contribution in [-0.2, 0) is 14.3 Å². The van der Waals surface area contributed by atoms with Crippen LogP contribution < -0.4 is 5.32 Å². The molecular formula is C11H20N2O5. The molecule has 0 atom stereocenters. The number of nitrogens with one attached hydrogen (secondary N) is 1. The first kappa shape index (κ1) is 14.7. The van der Waals surface area contributed by atoms with E-state index in [9.17, 15) is 9.59 Å². The summed E-state index contributed by atoms with van der Waals surface area (Å²) in [7, 11) is 1.49. The predicted molar refractivity (Wildman–Crippen MR) is 63.0 cm³/mol. The van der Waals surface area contributed by atoms with Crippen LogP contribution in [0.15, 0.2) is 0 Å². The highest BCUT2D eigenvalue weighted by molar-refractivity contribution is 5.77. The number of rotatable bonds is 5. The molecule has 0 aliphatic carbocycles. The minimum Gasteiger partial charge on any atom is -0.447 e. The molecule has 18 heavy (non-hydrogen) atoms. The van der Waals surface area contributed by atoms with E-state index in [1.54, 1.807) is 4.90 Å². The van der Waals surface area contributed by atoms with Gasteiger partial charge in [-0.2, -0.15) is 0 Å². The second kappa shape index (κ2) is 7.88. The molecule has 1 fully saturated rings. The van der Waals surface area contributed by atoms with E-state index >= 15 is 0 Å². The number of likely N-dealkylation sites (tertiary alicyclic amines) is 1. The van der Waals surface area contributed by atoms with Crippen molar-refractivity contribution in [3.05, 3.63) is 0 Å². The van der Waals surface area contributed by atoms with Crippen LogP contribution in [0.25, 0.3) is 0 Å². The lowest BCUT2D eigenvalue weighted by Crippen LogP contribution is -2.47. The van der Waals surface area contributed by atoms with E-state index < -0.39 is 6.09 Å². The van der Waals surface area contributed by atoms with E-state index in [0.717, 1.165) is 0 Å². The van der Waals surface area contributed by atoms with Gasteiger partial charge in [-0.15, -0.1) is 0 Å². The fraction of sp³-hybridized carbons (Fsp3) is 0.818. The first-order chi connectivity index (χ1) is 8.67. The molecule has 1 heterocycles. The number of carbonyl (C=O) groups excluding carboxylic acids is 2. The largest absolute Gasteiger partial charge is 0.447 e. The number of aliphatic hydroxyl groups is 1. The minimum atomic E-state index is -0.522. The molecule has 0 saturated carbocycles. The van der Waals surface area contributed by atoms with E-state index in [0.29, 0.717) is 25.9 Å². The first-order valence-electron chi connectivity index (χ1n) is 5.98. The Morgan fingerprint density at radius 2 is 2.06 bits per heavy atom. The van der Waals surface area contributed by atoms with Crippen LogP contribution in [0.3, 0.4) is 0 Å². The van der Waals surface area contributed by atoms with Crippen LogP contribution in [0.4, 0.5) is 4.79 Å². The van der Waals surface area contributed by atoms with Crippen LogP contribution in [0.2, 0.25) is 0 Å². The molecule has 0 aromatic carbocycles. The number of aliphatic hydroxyl groups excluding tert-OH is 1. The first-order valence-corrected chi connectivity index (χ1v) is 5.98. The third-order valence-corrected chi connectivity index (χ3v) is 2.76. The van der Waals surface area contributed by atoms with Crippen LogP contribution in [0.1, 0.15) is 12.8 Å². The molecule has 1 rings (SSSR count). The molecule has 1 aliphatic heterocycles. The Balaban J connectivity index is 2.22. The molecule has 0 unspecified atom stereocenters. The summed E-state index contributed by atoms with van der Waals surface area (Å²) in [5.74, 6) is -0.0289. The number of methoxy groups -OCH3 is 1. The third-order valence-electron chi connectivity index (χ3n) is 2.76. The van der Waals surface area contributed by atoms with Gasteiger partial charge >= 0.3 is 6.09 Å². The number of alkyl carbamates (subject to hydrolysis) is 1. The predicted octanol–water partition coefficient (Wildman–Crippen LogP) is -0.658. The lowest BCUT2D eigenvalue weighted by Gasteiger charge is -2.32. The van der Waals surface area contributed by atoms with Crippen molar-refractivity contribution in [1.29, 1.82) is 0 Å². The van der Waals surface area contributed by atoms with Gasteiger partial charge in [0.2, 0.25) is 5.91 Å². The maximum Gasteiger partial charge on any atom is 0.407 e. The Hall–Kier alpha value is -1.34. The van der Waals surface area contributed by atoms with E-state index in [1.807, 2.05) is 0 Å². The van der Waals surface area contributed by atoms with Gasteiger partial charge in [-0.3, -0.25) is 4.79 Å². The number of ether oxygens (including phenoxy) is 2. The lowest BCUT2D eigenvalue weighted by atomic mass is 10.1. The highest BCUT2D eigenvalue weighted by Crippen LogP contribution is 2.10. The van der Waals surface area contributed by atoms with Crippen molar-refractivity contribution < 1.29 is 24.2 Å². The summed E-state index contributed by atoms with van der Waals surface area (Å²) in [5, 5.41) is 11.2. The zero-order chi connectivity index (χ0) is 13.4. The standard InChI is InChI=1S/C11H20N2O5/c1-17-8-10(15)13-4-2-9(3-5-13)12-11(16)18-7-6-14/h9,14H,2-8H2,1H3,(H,12,16). The normalized spacial score (nSPS) is 16.4. The highest BCUT2D eigenvalue weighted by Gasteiger charge is 2.23. The molecule has 0 radical (unpaired) electrons. The topological polar surface area (TPSA) is 88.1 Å². The Labute approximate surface area is 106 Å². The molecule has 1 saturated heterocycles. The van der Waals surface area contributed by atoms with Gasteiger partial charge in [0.15, 0.2) is 0 Å². The minimum absolute atomic E-state index is 0.00297. The van der Waals surface area contributed by atoms with Crippen LogP contribution in [-0.4, -0.2) is 68.1 Å². The van der Waals surface area contributed by atoms with Crippen LogP contribution in [0, 0.1) is 0 Å². The zero-order valence-corrected chi connectivity index (χ0v) is 10.6. The van der Waals surface area contributed by atoms with Gasteiger partial charge in [0.25, 0.3) is 0 Å². The third kappa shape index (κ3) is 4.89. The number of hydrogen-bond acceptors (Lipinski definition) is 5. The zero-order valence-electron chi connectivity index (χ0n) is 10.6. The second-order valence-corrected chi connectivity index (χ2v) is 4.09. The van der Waals surface area contributed by atoms with E-state index in [4.69, 9.17) is 14.6 Å². The van der Waals surface area contributed by atoms with Gasteiger partial charge in [-0.1, -0.05) is 0 Å². The fourth-order valence-corrected chi connectivity index (χ4v) is 1.83. The number of nitrogens with zero attached hydrogens (tertiary/aromatic N) is 1. The van der Waals surface area contributed by atoms with Gasteiger partial charge in [-0.05, 0) is 12.8 Å². The van der Waals surface area contributed by atoms with Crippen LogP contribution in [0.5, 0.6) is 0 Å².